The van der Waals surface area contributed by atoms with Gasteiger partial charge < -0.3 is 19.9 Å². The lowest BCUT2D eigenvalue weighted by Gasteiger charge is -2.39. The number of allylic oxidation sites excluding steroid dienone is 3. The van der Waals surface area contributed by atoms with Gasteiger partial charge in [0.2, 0.25) is 0 Å². The first-order valence-electron chi connectivity index (χ1n) is 11.5. The number of phenols is 1. The van der Waals surface area contributed by atoms with Crippen LogP contribution in [-0.4, -0.2) is 30.6 Å². The first-order valence-corrected chi connectivity index (χ1v) is 11.5. The van der Waals surface area contributed by atoms with Crippen LogP contribution in [0.5, 0.6) is 11.5 Å². The van der Waals surface area contributed by atoms with Crippen molar-refractivity contribution in [1.82, 2.24) is 5.32 Å². The lowest BCUT2D eigenvalue weighted by Crippen LogP contribution is -2.38. The molecule has 1 aliphatic carbocycles. The van der Waals surface area contributed by atoms with E-state index in [0.29, 0.717) is 47.4 Å². The van der Waals surface area contributed by atoms with E-state index in [-0.39, 0.29) is 23.6 Å². The van der Waals surface area contributed by atoms with Gasteiger partial charge in [-0.2, -0.15) is 0 Å². The molecule has 1 atom stereocenters. The predicted molar refractivity (Wildman–Crippen MR) is 129 cm³/mol. The number of ether oxygens (including phenoxy) is 2. The van der Waals surface area contributed by atoms with Crippen LogP contribution in [0.2, 0.25) is 0 Å². The number of rotatable bonds is 6. The van der Waals surface area contributed by atoms with Crippen molar-refractivity contribution in [2.24, 2.45) is 5.41 Å². The fraction of sp³-hybridized carbons (Fsp3) is 0.357. The molecule has 0 unspecified atom stereocenters. The topological polar surface area (TPSA) is 84.9 Å². The monoisotopic (exact) mass is 461 g/mol. The average Bonchev–Trinajstić information content (AvgIpc) is 2.77. The predicted octanol–water partition coefficient (Wildman–Crippen LogP) is 4.79. The molecule has 0 saturated carbocycles. The van der Waals surface area contributed by atoms with Crippen LogP contribution in [0.4, 0.5) is 0 Å². The van der Waals surface area contributed by atoms with Gasteiger partial charge in [0, 0.05) is 35.7 Å². The fourth-order valence-electron chi connectivity index (χ4n) is 4.91. The minimum absolute atomic E-state index is 0.00106. The van der Waals surface area contributed by atoms with Gasteiger partial charge in [-0.1, -0.05) is 50.2 Å². The summed E-state index contributed by atoms with van der Waals surface area (Å²) in [5.74, 6) is -0.804. The second kappa shape index (κ2) is 9.37. The zero-order valence-electron chi connectivity index (χ0n) is 20.1. The minimum atomic E-state index is -0.624. The molecule has 1 heterocycles. The summed E-state index contributed by atoms with van der Waals surface area (Å²) in [5, 5.41) is 13.8. The number of nitrogens with one attached hydrogen (secondary N) is 1. The van der Waals surface area contributed by atoms with Crippen molar-refractivity contribution in [2.45, 2.75) is 46.0 Å². The number of Topliss-reactive ketones (excluding diaryl/α,β-unsaturated/α-hetero) is 1. The Kier molecular flexibility index (Phi) is 6.51. The molecule has 1 aliphatic heterocycles. The normalized spacial score (nSPS) is 19.4. The quantitative estimate of drug-likeness (QED) is 0.602. The van der Waals surface area contributed by atoms with Crippen LogP contribution in [0.3, 0.4) is 0 Å². The summed E-state index contributed by atoms with van der Waals surface area (Å²) in [7, 11) is 1.48. The second-order valence-electron chi connectivity index (χ2n) is 9.73. The van der Waals surface area contributed by atoms with Gasteiger partial charge in [0.25, 0.3) is 0 Å². The molecule has 0 spiro atoms. The first-order chi connectivity index (χ1) is 16.2. The van der Waals surface area contributed by atoms with E-state index in [9.17, 15) is 14.7 Å². The maximum absolute atomic E-state index is 13.4. The van der Waals surface area contributed by atoms with E-state index < -0.39 is 11.9 Å². The van der Waals surface area contributed by atoms with E-state index in [2.05, 4.69) is 19.2 Å². The van der Waals surface area contributed by atoms with E-state index in [4.69, 9.17) is 9.47 Å². The Morgan fingerprint density at radius 3 is 2.56 bits per heavy atom. The van der Waals surface area contributed by atoms with Crippen molar-refractivity contribution in [3.8, 4) is 11.5 Å². The molecule has 6 nitrogen and oxygen atoms in total. The Morgan fingerprint density at radius 2 is 1.88 bits per heavy atom. The van der Waals surface area contributed by atoms with E-state index >= 15 is 0 Å². The molecule has 0 aromatic heterocycles. The molecule has 178 valence electrons. The number of hydrogen-bond donors (Lipinski definition) is 2. The zero-order valence-corrected chi connectivity index (χ0v) is 20.1. The molecule has 2 aromatic rings. The van der Waals surface area contributed by atoms with Gasteiger partial charge in [-0.15, -0.1) is 0 Å². The molecule has 6 heteroatoms. The molecule has 0 fully saturated rings. The maximum atomic E-state index is 13.4. The van der Waals surface area contributed by atoms with Crippen molar-refractivity contribution in [1.29, 1.82) is 0 Å². The third-order valence-corrected chi connectivity index (χ3v) is 6.46. The van der Waals surface area contributed by atoms with Crippen LogP contribution in [-0.2, 0) is 20.7 Å². The highest BCUT2D eigenvalue weighted by atomic mass is 16.5. The molecule has 2 aliphatic rings. The number of benzene rings is 2. The number of carbonyl (C=O) groups is 2. The largest absolute Gasteiger partial charge is 0.504 e. The Bertz CT molecular complexity index is 1180. The molecule has 0 bridgehead atoms. The highest BCUT2D eigenvalue weighted by Crippen LogP contribution is 2.47. The first kappa shape index (κ1) is 23.6. The highest BCUT2D eigenvalue weighted by Gasteiger charge is 2.43. The summed E-state index contributed by atoms with van der Waals surface area (Å²) in [6.45, 7) is 6.20. The molecular formula is C28H31NO5. The third-order valence-electron chi connectivity index (χ3n) is 6.46. The van der Waals surface area contributed by atoms with Crippen LogP contribution in [0.25, 0.3) is 0 Å². The number of esters is 1. The van der Waals surface area contributed by atoms with Crippen LogP contribution in [0, 0.1) is 5.41 Å². The van der Waals surface area contributed by atoms with E-state index in [1.807, 2.05) is 37.3 Å². The van der Waals surface area contributed by atoms with Gasteiger partial charge in [-0.25, -0.2) is 4.79 Å². The van der Waals surface area contributed by atoms with Crippen molar-refractivity contribution in [3.63, 3.8) is 0 Å². The zero-order chi connectivity index (χ0) is 24.5. The lowest BCUT2D eigenvalue weighted by molar-refractivity contribution is -0.139. The van der Waals surface area contributed by atoms with E-state index in [0.717, 1.165) is 11.3 Å². The van der Waals surface area contributed by atoms with Gasteiger partial charge in [0.15, 0.2) is 17.3 Å². The molecule has 0 saturated heterocycles. The second-order valence-corrected chi connectivity index (χ2v) is 9.73. The summed E-state index contributed by atoms with van der Waals surface area (Å²) in [4.78, 5) is 26.7. The van der Waals surface area contributed by atoms with Crippen molar-refractivity contribution in [3.05, 3.63) is 82.2 Å². The van der Waals surface area contributed by atoms with Crippen molar-refractivity contribution < 1.29 is 24.2 Å². The summed E-state index contributed by atoms with van der Waals surface area (Å²) in [6.07, 6.45) is 1.68. The minimum Gasteiger partial charge on any atom is -0.504 e. The van der Waals surface area contributed by atoms with E-state index in [1.165, 1.54) is 7.11 Å². The standard InChI is InChI=1S/C28H31NO5/c1-17-24(27(32)34-13-12-18-8-6-5-7-9-18)25(19-10-11-23(33-4)21(30)14-19)26-20(29-17)15-28(2,3)16-22(26)31/h5-11,14,25,29-30H,12-13,15-16H2,1-4H3/t25-/m0/s1. The number of dihydropyridines is 1. The average molecular weight is 462 g/mol. The molecule has 2 N–H and O–H groups in total. The summed E-state index contributed by atoms with van der Waals surface area (Å²) < 4.78 is 10.9. The molecular weight excluding hydrogens is 430 g/mol. The molecule has 0 amide bonds. The molecule has 0 radical (unpaired) electrons. The maximum Gasteiger partial charge on any atom is 0.336 e. The summed E-state index contributed by atoms with van der Waals surface area (Å²) >= 11 is 0. The van der Waals surface area contributed by atoms with Crippen molar-refractivity contribution >= 4 is 11.8 Å². The van der Waals surface area contributed by atoms with Crippen LogP contribution < -0.4 is 10.1 Å². The van der Waals surface area contributed by atoms with Gasteiger partial charge in [0.1, 0.15) is 0 Å². The van der Waals surface area contributed by atoms with Gasteiger partial charge in [0.05, 0.1) is 19.3 Å². The number of methoxy groups -OCH3 is 1. The Labute approximate surface area is 200 Å². The SMILES string of the molecule is COc1ccc([C@H]2C(C(=O)OCCc3ccccc3)=C(C)NC3=C2C(=O)CC(C)(C)C3)cc1O. The van der Waals surface area contributed by atoms with Gasteiger partial charge in [-0.3, -0.25) is 4.79 Å². The Morgan fingerprint density at radius 1 is 1.15 bits per heavy atom. The Hall–Kier alpha value is -3.54. The van der Waals surface area contributed by atoms with Gasteiger partial charge in [-0.05, 0) is 42.0 Å². The Balaban J connectivity index is 1.69. The number of carbonyl (C=O) groups excluding carboxylic acids is 2. The van der Waals surface area contributed by atoms with Gasteiger partial charge >= 0.3 is 5.97 Å². The number of aromatic hydroxyl groups is 1. The molecule has 34 heavy (non-hydrogen) atoms. The number of ketones is 1. The molecule has 2 aromatic carbocycles. The number of phenolic OH excluding ortho intramolecular Hbond substituents is 1. The van der Waals surface area contributed by atoms with Crippen LogP contribution >= 0.6 is 0 Å². The van der Waals surface area contributed by atoms with Crippen LogP contribution in [0.15, 0.2) is 71.1 Å². The summed E-state index contributed by atoms with van der Waals surface area (Å²) in [6, 6.07) is 14.8. The number of hydrogen-bond acceptors (Lipinski definition) is 6. The van der Waals surface area contributed by atoms with E-state index in [1.54, 1.807) is 18.2 Å². The fourth-order valence-corrected chi connectivity index (χ4v) is 4.91. The smallest absolute Gasteiger partial charge is 0.336 e. The van der Waals surface area contributed by atoms with Crippen molar-refractivity contribution in [2.75, 3.05) is 13.7 Å². The highest BCUT2D eigenvalue weighted by molar-refractivity contribution is 6.04. The lowest BCUT2D eigenvalue weighted by atomic mass is 9.68. The third kappa shape index (κ3) is 4.72. The molecule has 4 rings (SSSR count). The van der Waals surface area contributed by atoms with Crippen LogP contribution in [0.1, 0.15) is 50.7 Å². The summed E-state index contributed by atoms with van der Waals surface area (Å²) in [5.41, 5.74) is 4.01.